The molecular weight excluding hydrogens is 128 g/mol. The summed E-state index contributed by atoms with van der Waals surface area (Å²) in [5, 5.41) is 0. The van der Waals surface area contributed by atoms with E-state index in [-0.39, 0.29) is 0 Å². The van der Waals surface area contributed by atoms with E-state index in [1.54, 1.807) is 0 Å². The van der Waals surface area contributed by atoms with Crippen LogP contribution in [-0.2, 0) is 4.74 Å². The summed E-state index contributed by atoms with van der Waals surface area (Å²) in [4.78, 5) is 2.44. The van der Waals surface area contributed by atoms with E-state index >= 15 is 0 Å². The molecule has 0 aromatic heterocycles. The van der Waals surface area contributed by atoms with Crippen molar-refractivity contribution in [3.8, 4) is 0 Å². The average Bonchev–Trinajstić information content (AvgIpc) is 2.27. The molecule has 2 heterocycles. The highest BCUT2D eigenvalue weighted by molar-refractivity contribution is 4.88. The predicted molar refractivity (Wildman–Crippen MR) is 38.8 cm³/mol. The van der Waals surface area contributed by atoms with E-state index in [9.17, 15) is 0 Å². The minimum Gasteiger partial charge on any atom is -0.378 e. The number of morpholine rings is 1. The van der Waals surface area contributed by atoms with E-state index in [0.717, 1.165) is 32.7 Å². The van der Waals surface area contributed by atoms with E-state index in [2.05, 4.69) is 4.90 Å². The van der Waals surface area contributed by atoms with Gasteiger partial charge in [0.2, 0.25) is 0 Å². The Balaban J connectivity index is 1.97. The van der Waals surface area contributed by atoms with E-state index in [1.807, 2.05) is 0 Å². The van der Waals surface area contributed by atoms with Crippen LogP contribution in [0.2, 0.25) is 0 Å². The fourth-order valence-electron chi connectivity index (χ4n) is 1.87. The predicted octanol–water partition coefficient (Wildman–Crippen LogP) is -0.582. The fourth-order valence-corrected chi connectivity index (χ4v) is 1.87. The van der Waals surface area contributed by atoms with Gasteiger partial charge in [0.05, 0.1) is 13.2 Å². The third-order valence-corrected chi connectivity index (χ3v) is 2.39. The molecule has 0 amide bonds. The lowest BCUT2D eigenvalue weighted by atomic mass is 10.2. The van der Waals surface area contributed by atoms with Crippen LogP contribution in [0.25, 0.3) is 0 Å². The van der Waals surface area contributed by atoms with Gasteiger partial charge < -0.3 is 10.5 Å². The lowest BCUT2D eigenvalue weighted by Crippen LogP contribution is -2.40. The monoisotopic (exact) mass is 142 g/mol. The van der Waals surface area contributed by atoms with Gasteiger partial charge in [-0.15, -0.1) is 0 Å². The molecule has 0 unspecified atom stereocenters. The summed E-state index contributed by atoms with van der Waals surface area (Å²) in [7, 11) is 0. The summed E-state index contributed by atoms with van der Waals surface area (Å²) in [5.41, 5.74) is 5.80. The van der Waals surface area contributed by atoms with Crippen molar-refractivity contribution in [2.45, 2.75) is 18.5 Å². The second kappa shape index (κ2) is 2.49. The molecule has 0 saturated carbocycles. The number of rotatable bonds is 0. The first kappa shape index (κ1) is 6.58. The molecule has 2 atom stereocenters. The summed E-state index contributed by atoms with van der Waals surface area (Å²) in [6, 6.07) is 1.02. The number of nitrogens with zero attached hydrogens (tertiary/aromatic N) is 1. The van der Waals surface area contributed by atoms with Crippen molar-refractivity contribution in [1.29, 1.82) is 0 Å². The first-order valence-corrected chi connectivity index (χ1v) is 3.93. The highest BCUT2D eigenvalue weighted by atomic mass is 16.5. The quantitative estimate of drug-likeness (QED) is 0.491. The van der Waals surface area contributed by atoms with Crippen molar-refractivity contribution >= 4 is 0 Å². The molecule has 0 aliphatic carbocycles. The molecule has 0 aromatic rings. The number of hydrogen-bond donors (Lipinski definition) is 1. The van der Waals surface area contributed by atoms with Crippen LogP contribution in [-0.4, -0.2) is 43.3 Å². The maximum absolute atomic E-state index is 5.80. The molecule has 2 rings (SSSR count). The van der Waals surface area contributed by atoms with Gasteiger partial charge in [0.1, 0.15) is 0 Å². The molecule has 2 saturated heterocycles. The molecule has 3 heteroatoms. The third kappa shape index (κ3) is 1.05. The molecule has 10 heavy (non-hydrogen) atoms. The normalized spacial score (nSPS) is 41.7. The van der Waals surface area contributed by atoms with Gasteiger partial charge in [0, 0.05) is 25.2 Å². The number of nitrogens with two attached hydrogens (primary N) is 1. The number of fused-ring (bicyclic) bond motifs is 1. The highest BCUT2D eigenvalue weighted by Gasteiger charge is 2.31. The van der Waals surface area contributed by atoms with E-state index in [4.69, 9.17) is 10.5 Å². The smallest absolute Gasteiger partial charge is 0.0623 e. The van der Waals surface area contributed by atoms with Crippen molar-refractivity contribution in [3.05, 3.63) is 0 Å². The Labute approximate surface area is 61.1 Å². The lowest BCUT2D eigenvalue weighted by molar-refractivity contribution is 0.0128. The van der Waals surface area contributed by atoms with Crippen LogP contribution in [0.3, 0.4) is 0 Å². The minimum absolute atomic E-state index is 0.395. The summed E-state index contributed by atoms with van der Waals surface area (Å²) in [5.74, 6) is 0. The summed E-state index contributed by atoms with van der Waals surface area (Å²) < 4.78 is 5.33. The van der Waals surface area contributed by atoms with Gasteiger partial charge in [-0.3, -0.25) is 4.90 Å². The molecule has 3 nitrogen and oxygen atoms in total. The second-order valence-corrected chi connectivity index (χ2v) is 3.22. The zero-order valence-corrected chi connectivity index (χ0v) is 6.12. The highest BCUT2D eigenvalue weighted by Crippen LogP contribution is 2.18. The Morgan fingerprint density at radius 2 is 2.40 bits per heavy atom. The molecule has 58 valence electrons. The minimum atomic E-state index is 0.395. The fraction of sp³-hybridized carbons (Fsp3) is 1.00. The van der Waals surface area contributed by atoms with Crippen molar-refractivity contribution in [3.63, 3.8) is 0 Å². The standard InChI is InChI=1S/C7H14N2O/c8-6-3-7-5-10-2-1-9(7)4-6/h6-7H,1-5,8H2/t6-,7+/m0/s1. The Kier molecular flexibility index (Phi) is 1.64. The Bertz CT molecular complexity index is 115. The Morgan fingerprint density at radius 3 is 3.20 bits per heavy atom. The molecule has 2 N–H and O–H groups in total. The van der Waals surface area contributed by atoms with Crippen LogP contribution >= 0.6 is 0 Å². The van der Waals surface area contributed by atoms with Crippen molar-refractivity contribution in [2.24, 2.45) is 5.73 Å². The third-order valence-electron chi connectivity index (χ3n) is 2.39. The molecule has 0 bridgehead atoms. The SMILES string of the molecule is N[C@H]1C[C@@H]2COCCN2C1. The van der Waals surface area contributed by atoms with Gasteiger partial charge in [0.15, 0.2) is 0 Å². The second-order valence-electron chi connectivity index (χ2n) is 3.22. The van der Waals surface area contributed by atoms with E-state index < -0.39 is 0 Å². The molecule has 0 aromatic carbocycles. The number of hydrogen-bond acceptors (Lipinski definition) is 3. The van der Waals surface area contributed by atoms with Crippen molar-refractivity contribution < 1.29 is 4.74 Å². The first-order chi connectivity index (χ1) is 4.86. The molecule has 2 aliphatic heterocycles. The molecular formula is C7H14N2O. The van der Waals surface area contributed by atoms with Gasteiger partial charge in [-0.25, -0.2) is 0 Å². The van der Waals surface area contributed by atoms with Crippen molar-refractivity contribution in [2.75, 3.05) is 26.3 Å². The van der Waals surface area contributed by atoms with Crippen LogP contribution in [0.5, 0.6) is 0 Å². The van der Waals surface area contributed by atoms with Gasteiger partial charge in [0.25, 0.3) is 0 Å². The van der Waals surface area contributed by atoms with Gasteiger partial charge in [-0.05, 0) is 6.42 Å². The topological polar surface area (TPSA) is 38.5 Å². The van der Waals surface area contributed by atoms with Crippen LogP contribution in [0.1, 0.15) is 6.42 Å². The van der Waals surface area contributed by atoms with Crippen molar-refractivity contribution in [1.82, 2.24) is 4.90 Å². The molecule has 0 spiro atoms. The summed E-state index contributed by atoms with van der Waals surface area (Å²) in [6.07, 6.45) is 1.12. The van der Waals surface area contributed by atoms with E-state index in [1.165, 1.54) is 0 Å². The average molecular weight is 142 g/mol. The Hall–Kier alpha value is -0.120. The molecule has 2 aliphatic rings. The largest absolute Gasteiger partial charge is 0.378 e. The molecule has 0 radical (unpaired) electrons. The van der Waals surface area contributed by atoms with Gasteiger partial charge in [-0.2, -0.15) is 0 Å². The lowest BCUT2D eigenvalue weighted by Gasteiger charge is -2.28. The van der Waals surface area contributed by atoms with Crippen LogP contribution in [0.15, 0.2) is 0 Å². The zero-order chi connectivity index (χ0) is 6.97. The van der Waals surface area contributed by atoms with Gasteiger partial charge in [-0.1, -0.05) is 0 Å². The first-order valence-electron chi connectivity index (χ1n) is 3.93. The maximum Gasteiger partial charge on any atom is 0.0623 e. The summed E-state index contributed by atoms with van der Waals surface area (Å²) in [6.45, 7) is 3.95. The van der Waals surface area contributed by atoms with E-state index in [0.29, 0.717) is 12.1 Å². The van der Waals surface area contributed by atoms with Crippen LogP contribution < -0.4 is 5.73 Å². The van der Waals surface area contributed by atoms with Gasteiger partial charge >= 0.3 is 0 Å². The summed E-state index contributed by atoms with van der Waals surface area (Å²) >= 11 is 0. The maximum atomic E-state index is 5.80. The zero-order valence-electron chi connectivity index (χ0n) is 6.12. The van der Waals surface area contributed by atoms with Crippen LogP contribution in [0.4, 0.5) is 0 Å². The number of ether oxygens (including phenoxy) is 1. The van der Waals surface area contributed by atoms with Crippen LogP contribution in [0, 0.1) is 0 Å². The molecule has 2 fully saturated rings. The Morgan fingerprint density at radius 1 is 1.50 bits per heavy atom.